The molecule has 3 rings (SSSR count). The number of rotatable bonds is 4. The molecule has 0 bridgehead atoms. The molecule has 6 heteroatoms. The summed E-state index contributed by atoms with van der Waals surface area (Å²) in [6, 6.07) is 15.5. The van der Waals surface area contributed by atoms with Gasteiger partial charge in [-0.2, -0.15) is 0 Å². The van der Waals surface area contributed by atoms with Gasteiger partial charge in [-0.25, -0.2) is 0 Å². The minimum Gasteiger partial charge on any atom is -0.872 e. The number of carbonyl (C=O) groups is 1. The Kier molecular flexibility index (Phi) is 6.31. The number of nitrogens with one attached hydrogen (secondary N) is 1. The maximum absolute atomic E-state index is 12.5. The summed E-state index contributed by atoms with van der Waals surface area (Å²) in [7, 11) is 3.04. The van der Waals surface area contributed by atoms with Crippen LogP contribution >= 0.6 is 0 Å². The number of hydrogen-bond donors (Lipinski definition) is 1. The number of anilines is 1. The summed E-state index contributed by atoms with van der Waals surface area (Å²) in [4.78, 5) is 12.5. The molecular weight excluding hydrogens is 329 g/mol. The van der Waals surface area contributed by atoms with Crippen LogP contribution in [0.15, 0.2) is 54.6 Å². The van der Waals surface area contributed by atoms with Crippen LogP contribution in [0.2, 0.25) is 0 Å². The van der Waals surface area contributed by atoms with Crippen molar-refractivity contribution in [1.29, 1.82) is 0 Å². The van der Waals surface area contributed by atoms with Gasteiger partial charge in [-0.3, -0.25) is 4.79 Å². The molecule has 0 fully saturated rings. The van der Waals surface area contributed by atoms with E-state index in [0.29, 0.717) is 17.2 Å². The van der Waals surface area contributed by atoms with Gasteiger partial charge < -0.3 is 19.9 Å². The zero-order valence-corrected chi connectivity index (χ0v) is 16.3. The summed E-state index contributed by atoms with van der Waals surface area (Å²) in [6.07, 6.45) is 0. The van der Waals surface area contributed by atoms with Crippen LogP contribution in [-0.2, 0) is 0 Å². The van der Waals surface area contributed by atoms with Crippen molar-refractivity contribution in [3.05, 3.63) is 60.2 Å². The molecule has 0 unspecified atom stereocenters. The average molecular weight is 345 g/mol. The molecule has 3 aromatic carbocycles. The van der Waals surface area contributed by atoms with Crippen molar-refractivity contribution in [3.8, 4) is 17.2 Å². The van der Waals surface area contributed by atoms with Gasteiger partial charge in [0.2, 0.25) is 0 Å². The number of benzene rings is 3. The fraction of sp³-hybridized carbons (Fsp3) is 0.105. The van der Waals surface area contributed by atoms with E-state index in [0.717, 1.165) is 10.8 Å². The quantitative estimate of drug-likeness (QED) is 0.685. The number of carbonyl (C=O) groups excluding carboxylic acids is 1. The van der Waals surface area contributed by atoms with Gasteiger partial charge in [0.1, 0.15) is 11.5 Å². The molecule has 0 atom stereocenters. The smallest absolute Gasteiger partial charge is 0.872 e. The van der Waals surface area contributed by atoms with Crippen molar-refractivity contribution in [2.24, 2.45) is 0 Å². The molecular formula is C19H16NNaO4. The van der Waals surface area contributed by atoms with Crippen LogP contribution in [-0.4, -0.2) is 20.1 Å². The van der Waals surface area contributed by atoms with E-state index in [9.17, 15) is 9.90 Å². The Labute approximate surface area is 167 Å². The molecule has 1 amide bonds. The Morgan fingerprint density at radius 2 is 1.64 bits per heavy atom. The van der Waals surface area contributed by atoms with E-state index in [-0.39, 0.29) is 40.9 Å². The third kappa shape index (κ3) is 4.07. The number of amides is 1. The predicted molar refractivity (Wildman–Crippen MR) is 90.9 cm³/mol. The molecule has 0 aliphatic heterocycles. The third-order valence-corrected chi connectivity index (χ3v) is 3.75. The first-order valence-corrected chi connectivity index (χ1v) is 7.35. The number of methoxy groups -OCH3 is 2. The van der Waals surface area contributed by atoms with Gasteiger partial charge in [0.15, 0.2) is 0 Å². The number of ether oxygens (including phenoxy) is 2. The van der Waals surface area contributed by atoms with E-state index >= 15 is 0 Å². The van der Waals surface area contributed by atoms with E-state index in [1.165, 1.54) is 20.3 Å². The van der Waals surface area contributed by atoms with Gasteiger partial charge in [0.25, 0.3) is 5.91 Å². The van der Waals surface area contributed by atoms with Crippen LogP contribution in [0.4, 0.5) is 5.69 Å². The molecule has 0 spiro atoms. The van der Waals surface area contributed by atoms with Crippen LogP contribution < -0.4 is 49.5 Å². The molecule has 0 saturated heterocycles. The van der Waals surface area contributed by atoms with Crippen molar-refractivity contribution >= 4 is 22.4 Å². The topological polar surface area (TPSA) is 70.6 Å². The molecule has 0 aromatic heterocycles. The van der Waals surface area contributed by atoms with Crippen molar-refractivity contribution < 1.29 is 48.9 Å². The van der Waals surface area contributed by atoms with Gasteiger partial charge >= 0.3 is 29.6 Å². The molecule has 25 heavy (non-hydrogen) atoms. The van der Waals surface area contributed by atoms with Crippen molar-refractivity contribution in [2.45, 2.75) is 0 Å². The second kappa shape index (κ2) is 8.25. The Hall–Kier alpha value is -2.21. The third-order valence-electron chi connectivity index (χ3n) is 3.75. The standard InChI is InChI=1S/C19H17NO4.Na/c1-23-14-7-8-18(24-2)16(11-14)20-19(22)15-9-12-5-3-4-6-13(12)10-17(15)21;/h3-11,21H,1-2H3,(H,20,22);/q;+1/p-1. The van der Waals surface area contributed by atoms with Gasteiger partial charge in [0.05, 0.1) is 19.9 Å². The molecule has 0 aliphatic carbocycles. The molecule has 3 aromatic rings. The summed E-state index contributed by atoms with van der Waals surface area (Å²) < 4.78 is 10.4. The first kappa shape index (κ1) is 19.1. The van der Waals surface area contributed by atoms with Crippen LogP contribution in [0, 0.1) is 0 Å². The number of fused-ring (bicyclic) bond motifs is 1. The van der Waals surface area contributed by atoms with E-state index in [4.69, 9.17) is 9.47 Å². The molecule has 0 saturated carbocycles. The van der Waals surface area contributed by atoms with Crippen LogP contribution in [0.1, 0.15) is 10.4 Å². The maximum atomic E-state index is 12.5. The van der Waals surface area contributed by atoms with Gasteiger partial charge in [-0.15, -0.1) is 0 Å². The Balaban J connectivity index is 0.00000225. The zero-order chi connectivity index (χ0) is 17.1. The molecule has 122 valence electrons. The number of hydrogen-bond acceptors (Lipinski definition) is 4. The average Bonchev–Trinajstić information content (AvgIpc) is 2.60. The first-order chi connectivity index (χ1) is 11.6. The molecule has 5 nitrogen and oxygen atoms in total. The van der Waals surface area contributed by atoms with Gasteiger partial charge in [0, 0.05) is 11.6 Å². The molecule has 1 N–H and O–H groups in total. The largest absolute Gasteiger partial charge is 1.00 e. The van der Waals surface area contributed by atoms with E-state index < -0.39 is 5.91 Å². The minimum absolute atomic E-state index is 0. The van der Waals surface area contributed by atoms with E-state index in [2.05, 4.69) is 5.32 Å². The van der Waals surface area contributed by atoms with Crippen molar-refractivity contribution in [1.82, 2.24) is 0 Å². The SMILES string of the molecule is COc1ccc(OC)c(NC(=O)c2cc3ccccc3cc2[O-])c1.[Na+]. The van der Waals surface area contributed by atoms with Gasteiger partial charge in [-0.05, 0) is 29.0 Å². The summed E-state index contributed by atoms with van der Waals surface area (Å²) in [5.74, 6) is 0.245. The Morgan fingerprint density at radius 1 is 0.960 bits per heavy atom. The summed E-state index contributed by atoms with van der Waals surface area (Å²) >= 11 is 0. The van der Waals surface area contributed by atoms with Crippen LogP contribution in [0.25, 0.3) is 10.8 Å². The normalized spacial score (nSPS) is 10.0. The van der Waals surface area contributed by atoms with Gasteiger partial charge in [-0.1, -0.05) is 36.1 Å². The summed E-state index contributed by atoms with van der Waals surface area (Å²) in [6.45, 7) is 0. The monoisotopic (exact) mass is 345 g/mol. The predicted octanol–water partition coefficient (Wildman–Crippen LogP) is 0.187. The van der Waals surface area contributed by atoms with E-state index in [1.807, 2.05) is 24.3 Å². The molecule has 0 heterocycles. The minimum atomic E-state index is -0.489. The second-order valence-electron chi connectivity index (χ2n) is 5.22. The van der Waals surface area contributed by atoms with Crippen LogP contribution in [0.3, 0.4) is 0 Å². The van der Waals surface area contributed by atoms with Crippen molar-refractivity contribution in [3.63, 3.8) is 0 Å². The fourth-order valence-corrected chi connectivity index (χ4v) is 2.50. The zero-order valence-electron chi connectivity index (χ0n) is 14.3. The fourth-order valence-electron chi connectivity index (χ4n) is 2.50. The summed E-state index contributed by atoms with van der Waals surface area (Å²) in [5.41, 5.74) is 0.521. The maximum Gasteiger partial charge on any atom is 1.00 e. The van der Waals surface area contributed by atoms with Crippen LogP contribution in [0.5, 0.6) is 17.2 Å². The molecule has 0 radical (unpaired) electrons. The van der Waals surface area contributed by atoms with Crippen molar-refractivity contribution in [2.75, 3.05) is 19.5 Å². The van der Waals surface area contributed by atoms with E-state index in [1.54, 1.807) is 24.3 Å². The Bertz CT molecular complexity index is 911. The second-order valence-corrected chi connectivity index (χ2v) is 5.22. The molecule has 0 aliphatic rings. The summed E-state index contributed by atoms with van der Waals surface area (Å²) in [5, 5.41) is 16.6. The first-order valence-electron chi connectivity index (χ1n) is 7.35. The Morgan fingerprint density at radius 3 is 2.28 bits per heavy atom.